The quantitative estimate of drug-likeness (QED) is 0.834. The van der Waals surface area contributed by atoms with E-state index in [2.05, 4.69) is 27.4 Å². The van der Waals surface area contributed by atoms with Gasteiger partial charge in [0.05, 0.1) is 26.0 Å². The highest BCUT2D eigenvalue weighted by molar-refractivity contribution is 5.86. The minimum atomic E-state index is -0.359. The van der Waals surface area contributed by atoms with Crippen molar-refractivity contribution in [2.45, 2.75) is 50.7 Å². The molecule has 0 radical (unpaired) electrons. The molecule has 0 atom stereocenters. The summed E-state index contributed by atoms with van der Waals surface area (Å²) in [6.07, 6.45) is 9.25. The molecule has 0 spiro atoms. The van der Waals surface area contributed by atoms with Crippen LogP contribution in [-0.4, -0.2) is 52.4 Å². The Morgan fingerprint density at radius 3 is 2.57 bits per heavy atom. The normalized spacial score (nSPS) is 20.0. The number of ether oxygens (including phenoxy) is 1. The maximum atomic E-state index is 13.3. The average molecular weight is 383 g/mol. The van der Waals surface area contributed by atoms with Crippen LogP contribution in [0.4, 0.5) is 0 Å². The van der Waals surface area contributed by atoms with Crippen LogP contribution in [0.1, 0.15) is 43.2 Å². The molecule has 1 aliphatic heterocycles. The number of hydrogen-bond donors (Lipinski definition) is 1. The van der Waals surface area contributed by atoms with Crippen LogP contribution < -0.4 is 5.32 Å². The maximum Gasteiger partial charge on any atom is 0.240 e. The largest absolute Gasteiger partial charge is 0.379 e. The molecule has 1 aromatic heterocycles. The van der Waals surface area contributed by atoms with Gasteiger partial charge in [-0.05, 0) is 18.4 Å². The zero-order valence-corrected chi connectivity index (χ0v) is 16.5. The van der Waals surface area contributed by atoms with E-state index >= 15 is 0 Å². The van der Waals surface area contributed by atoms with E-state index < -0.39 is 0 Å². The zero-order valence-electron chi connectivity index (χ0n) is 16.5. The third-order valence-corrected chi connectivity index (χ3v) is 6.05. The number of aromatic nitrogens is 2. The first-order chi connectivity index (χ1) is 13.8. The van der Waals surface area contributed by atoms with E-state index in [0.29, 0.717) is 6.54 Å². The van der Waals surface area contributed by atoms with Gasteiger partial charge in [-0.15, -0.1) is 0 Å². The van der Waals surface area contributed by atoms with Gasteiger partial charge in [-0.3, -0.25) is 14.4 Å². The van der Waals surface area contributed by atoms with E-state index in [1.54, 1.807) is 0 Å². The van der Waals surface area contributed by atoms with E-state index in [1.165, 1.54) is 12.0 Å². The van der Waals surface area contributed by atoms with Gasteiger partial charge >= 0.3 is 0 Å². The molecule has 1 amide bonds. The van der Waals surface area contributed by atoms with Gasteiger partial charge < -0.3 is 10.1 Å². The van der Waals surface area contributed by atoms with Crippen LogP contribution in [0, 0.1) is 0 Å². The highest BCUT2D eigenvalue weighted by Gasteiger charge is 2.44. The fraction of sp³-hybridized carbons (Fsp3) is 0.545. The van der Waals surface area contributed by atoms with Gasteiger partial charge in [0, 0.05) is 31.4 Å². The number of benzene rings is 1. The van der Waals surface area contributed by atoms with Gasteiger partial charge in [-0.2, -0.15) is 5.10 Å². The summed E-state index contributed by atoms with van der Waals surface area (Å²) in [5.41, 5.74) is 1.90. The molecular formula is C22H30N4O2. The Balaban J connectivity index is 1.38. The second kappa shape index (κ2) is 8.88. The molecule has 2 heterocycles. The van der Waals surface area contributed by atoms with Gasteiger partial charge in [0.15, 0.2) is 0 Å². The predicted molar refractivity (Wildman–Crippen MR) is 108 cm³/mol. The molecule has 0 unspecified atom stereocenters. The number of rotatable bonds is 6. The predicted octanol–water partition coefficient (Wildman–Crippen LogP) is 2.58. The van der Waals surface area contributed by atoms with Crippen molar-refractivity contribution in [2.24, 2.45) is 0 Å². The summed E-state index contributed by atoms with van der Waals surface area (Å²) in [7, 11) is 0. The van der Waals surface area contributed by atoms with Crippen LogP contribution in [0.3, 0.4) is 0 Å². The third kappa shape index (κ3) is 4.28. The summed E-state index contributed by atoms with van der Waals surface area (Å²) >= 11 is 0. The average Bonchev–Trinajstić information content (AvgIpc) is 3.21. The fourth-order valence-electron chi connectivity index (χ4n) is 4.52. The second-order valence-electron chi connectivity index (χ2n) is 7.91. The SMILES string of the molecule is O=C(NCc1cnn(Cc2ccccc2)c1)C1(N2CCOCC2)CCCCC1. The van der Waals surface area contributed by atoms with Gasteiger partial charge in [-0.1, -0.05) is 49.6 Å². The zero-order chi connectivity index (χ0) is 19.2. The molecular weight excluding hydrogens is 352 g/mol. The van der Waals surface area contributed by atoms with Crippen molar-refractivity contribution < 1.29 is 9.53 Å². The van der Waals surface area contributed by atoms with E-state index in [0.717, 1.165) is 64.1 Å². The Hall–Kier alpha value is -2.18. The van der Waals surface area contributed by atoms with Crippen molar-refractivity contribution in [1.82, 2.24) is 20.0 Å². The minimum absolute atomic E-state index is 0.171. The van der Waals surface area contributed by atoms with Crippen LogP contribution in [0.2, 0.25) is 0 Å². The van der Waals surface area contributed by atoms with Gasteiger partial charge in [-0.25, -0.2) is 0 Å². The second-order valence-corrected chi connectivity index (χ2v) is 7.91. The maximum absolute atomic E-state index is 13.3. The lowest BCUT2D eigenvalue weighted by Gasteiger charge is -2.46. The Morgan fingerprint density at radius 2 is 1.82 bits per heavy atom. The number of amides is 1. The van der Waals surface area contributed by atoms with Crippen molar-refractivity contribution in [3.05, 3.63) is 53.9 Å². The van der Waals surface area contributed by atoms with Crippen LogP contribution in [0.15, 0.2) is 42.7 Å². The molecule has 1 aliphatic carbocycles. The van der Waals surface area contributed by atoms with Crippen molar-refractivity contribution in [1.29, 1.82) is 0 Å². The first-order valence-electron chi connectivity index (χ1n) is 10.4. The lowest BCUT2D eigenvalue weighted by Crippen LogP contribution is -2.62. The summed E-state index contributed by atoms with van der Waals surface area (Å²) in [6, 6.07) is 10.3. The Morgan fingerprint density at radius 1 is 1.07 bits per heavy atom. The molecule has 2 aromatic rings. The molecule has 1 N–H and O–H groups in total. The molecule has 1 saturated heterocycles. The van der Waals surface area contributed by atoms with Crippen LogP contribution >= 0.6 is 0 Å². The molecule has 28 heavy (non-hydrogen) atoms. The standard InChI is InChI=1S/C22H30N4O2/c27-21(22(9-5-2-6-10-22)25-11-13-28-14-12-25)23-15-20-16-24-26(18-20)17-19-7-3-1-4-8-19/h1,3-4,7-8,16,18H,2,5-6,9-15,17H2,(H,23,27). The first-order valence-corrected chi connectivity index (χ1v) is 10.4. The van der Waals surface area contributed by atoms with Crippen LogP contribution in [0.25, 0.3) is 0 Å². The van der Waals surface area contributed by atoms with E-state index in [9.17, 15) is 4.79 Å². The summed E-state index contributed by atoms with van der Waals surface area (Å²) in [5.74, 6) is 0.171. The summed E-state index contributed by atoms with van der Waals surface area (Å²) in [6.45, 7) is 4.42. The Bertz CT molecular complexity index is 762. The van der Waals surface area contributed by atoms with Crippen molar-refractivity contribution in [2.75, 3.05) is 26.3 Å². The van der Waals surface area contributed by atoms with Crippen LogP contribution in [-0.2, 0) is 22.6 Å². The van der Waals surface area contributed by atoms with Gasteiger partial charge in [0.2, 0.25) is 5.91 Å². The highest BCUT2D eigenvalue weighted by atomic mass is 16.5. The monoisotopic (exact) mass is 382 g/mol. The molecule has 1 aromatic carbocycles. The number of carbonyl (C=O) groups is 1. The van der Waals surface area contributed by atoms with Crippen molar-refractivity contribution >= 4 is 5.91 Å². The van der Waals surface area contributed by atoms with Crippen molar-refractivity contribution in [3.63, 3.8) is 0 Å². The number of nitrogens with one attached hydrogen (secondary N) is 1. The molecule has 6 nitrogen and oxygen atoms in total. The summed E-state index contributed by atoms with van der Waals surface area (Å²) in [4.78, 5) is 15.6. The van der Waals surface area contributed by atoms with E-state index in [-0.39, 0.29) is 11.4 Å². The first kappa shape index (κ1) is 19.2. The van der Waals surface area contributed by atoms with Gasteiger partial charge in [0.25, 0.3) is 0 Å². The Labute approximate surface area is 166 Å². The highest BCUT2D eigenvalue weighted by Crippen LogP contribution is 2.34. The minimum Gasteiger partial charge on any atom is -0.379 e. The van der Waals surface area contributed by atoms with Crippen LogP contribution in [0.5, 0.6) is 0 Å². The molecule has 2 aliphatic rings. The van der Waals surface area contributed by atoms with Crippen molar-refractivity contribution in [3.8, 4) is 0 Å². The fourth-order valence-corrected chi connectivity index (χ4v) is 4.52. The molecule has 0 bridgehead atoms. The topological polar surface area (TPSA) is 59.4 Å². The number of nitrogens with zero attached hydrogens (tertiary/aromatic N) is 3. The van der Waals surface area contributed by atoms with E-state index in [4.69, 9.17) is 4.74 Å². The molecule has 2 fully saturated rings. The third-order valence-electron chi connectivity index (χ3n) is 6.05. The lowest BCUT2D eigenvalue weighted by molar-refractivity contribution is -0.140. The number of hydrogen-bond acceptors (Lipinski definition) is 4. The smallest absolute Gasteiger partial charge is 0.240 e. The lowest BCUT2D eigenvalue weighted by atomic mass is 9.79. The van der Waals surface area contributed by atoms with E-state index in [1.807, 2.05) is 35.3 Å². The molecule has 4 rings (SSSR count). The Kier molecular flexibility index (Phi) is 6.07. The number of morpholine rings is 1. The molecule has 6 heteroatoms. The molecule has 1 saturated carbocycles. The number of carbonyl (C=O) groups excluding carboxylic acids is 1. The summed E-state index contributed by atoms with van der Waals surface area (Å²) in [5, 5.41) is 7.66. The molecule has 150 valence electrons. The summed E-state index contributed by atoms with van der Waals surface area (Å²) < 4.78 is 7.44. The van der Waals surface area contributed by atoms with Gasteiger partial charge in [0.1, 0.15) is 5.54 Å².